The summed E-state index contributed by atoms with van der Waals surface area (Å²) in [5.74, 6) is 0.150. The summed E-state index contributed by atoms with van der Waals surface area (Å²) in [5.41, 5.74) is 1.62. The molecule has 1 heterocycles. The van der Waals surface area contributed by atoms with Gasteiger partial charge in [-0.05, 0) is 70.8 Å². The molecular weight excluding hydrogens is 265 g/mol. The number of aryl methyl sites for hydroxylation is 1. The Balaban J connectivity index is 2.39. The van der Waals surface area contributed by atoms with Crippen LogP contribution in [-0.4, -0.2) is 17.7 Å². The molecule has 0 aliphatic carbocycles. The van der Waals surface area contributed by atoms with Gasteiger partial charge in [-0.3, -0.25) is 0 Å². The Kier molecular flexibility index (Phi) is 4.46. The first-order valence-electron chi connectivity index (χ1n) is 7.85. The summed E-state index contributed by atoms with van der Waals surface area (Å²) in [6.07, 6.45) is 0.966. The summed E-state index contributed by atoms with van der Waals surface area (Å²) in [5, 5.41) is 3.54. The van der Waals surface area contributed by atoms with E-state index < -0.39 is 0 Å². The van der Waals surface area contributed by atoms with Crippen molar-refractivity contribution in [1.29, 1.82) is 0 Å². The highest BCUT2D eigenvalue weighted by atomic mass is 19.1. The van der Waals surface area contributed by atoms with Gasteiger partial charge in [0.25, 0.3) is 0 Å². The van der Waals surface area contributed by atoms with Gasteiger partial charge >= 0.3 is 0 Å². The van der Waals surface area contributed by atoms with E-state index >= 15 is 0 Å². The van der Waals surface area contributed by atoms with Crippen LogP contribution in [0.25, 0.3) is 0 Å². The number of benzene rings is 1. The topological polar surface area (TPSA) is 21.3 Å². The van der Waals surface area contributed by atoms with Crippen molar-refractivity contribution in [2.45, 2.75) is 65.2 Å². The third kappa shape index (κ3) is 3.64. The first-order chi connectivity index (χ1) is 9.64. The molecule has 2 unspecified atom stereocenters. The summed E-state index contributed by atoms with van der Waals surface area (Å²) in [6.45, 7) is 13.4. The van der Waals surface area contributed by atoms with Crippen LogP contribution in [0, 0.1) is 18.7 Å². The molecule has 0 aromatic heterocycles. The third-order valence-electron chi connectivity index (χ3n) is 4.39. The van der Waals surface area contributed by atoms with Crippen LogP contribution in [0.1, 0.15) is 58.2 Å². The highest BCUT2D eigenvalue weighted by Crippen LogP contribution is 2.47. The maximum atomic E-state index is 13.8. The van der Waals surface area contributed by atoms with Crippen LogP contribution < -0.4 is 5.32 Å². The molecule has 21 heavy (non-hydrogen) atoms. The van der Waals surface area contributed by atoms with E-state index in [0.717, 1.165) is 24.1 Å². The minimum atomic E-state index is -0.226. The van der Waals surface area contributed by atoms with E-state index in [-0.39, 0.29) is 23.1 Å². The smallest absolute Gasteiger partial charge is 0.123 e. The largest absolute Gasteiger partial charge is 0.369 e. The molecule has 2 atom stereocenters. The van der Waals surface area contributed by atoms with E-state index in [4.69, 9.17) is 4.74 Å². The van der Waals surface area contributed by atoms with Crippen molar-refractivity contribution in [2.75, 3.05) is 6.54 Å². The van der Waals surface area contributed by atoms with Crippen molar-refractivity contribution in [3.05, 3.63) is 35.1 Å². The molecule has 1 fully saturated rings. The predicted molar refractivity (Wildman–Crippen MR) is 84.9 cm³/mol. The van der Waals surface area contributed by atoms with Gasteiger partial charge in [-0.1, -0.05) is 13.0 Å². The quantitative estimate of drug-likeness (QED) is 0.889. The highest BCUT2D eigenvalue weighted by molar-refractivity contribution is 5.28. The van der Waals surface area contributed by atoms with Gasteiger partial charge in [-0.2, -0.15) is 0 Å². The second-order valence-electron chi connectivity index (χ2n) is 7.37. The lowest BCUT2D eigenvalue weighted by Gasteiger charge is -2.34. The molecule has 0 saturated carbocycles. The Labute approximate surface area is 128 Å². The van der Waals surface area contributed by atoms with E-state index in [1.807, 2.05) is 6.92 Å². The van der Waals surface area contributed by atoms with Gasteiger partial charge in [-0.25, -0.2) is 4.39 Å². The summed E-state index contributed by atoms with van der Waals surface area (Å²) < 4.78 is 20.0. The van der Waals surface area contributed by atoms with Crippen LogP contribution in [0.4, 0.5) is 4.39 Å². The Hall–Kier alpha value is -0.930. The first kappa shape index (κ1) is 16.4. The van der Waals surface area contributed by atoms with Gasteiger partial charge in [0.15, 0.2) is 0 Å². The summed E-state index contributed by atoms with van der Waals surface area (Å²) in [7, 11) is 0. The number of hydrogen-bond donors (Lipinski definition) is 1. The minimum Gasteiger partial charge on any atom is -0.369 e. The molecule has 1 aromatic rings. The second-order valence-corrected chi connectivity index (χ2v) is 7.37. The second kappa shape index (κ2) is 5.69. The van der Waals surface area contributed by atoms with Crippen LogP contribution in [-0.2, 0) is 4.74 Å². The van der Waals surface area contributed by atoms with Gasteiger partial charge in [0, 0.05) is 12.0 Å². The van der Waals surface area contributed by atoms with Crippen LogP contribution in [0.15, 0.2) is 18.2 Å². The SMILES string of the molecule is CCNC(c1cc(C)cc(F)c1)C1CC(C)(C)OC1(C)C. The van der Waals surface area contributed by atoms with Crippen molar-refractivity contribution in [1.82, 2.24) is 5.32 Å². The zero-order chi connectivity index (χ0) is 15.8. The molecule has 118 valence electrons. The van der Waals surface area contributed by atoms with E-state index in [2.05, 4.69) is 46.0 Å². The Bertz CT molecular complexity index is 490. The molecule has 2 nitrogen and oxygen atoms in total. The van der Waals surface area contributed by atoms with E-state index in [0.29, 0.717) is 5.92 Å². The number of hydrogen-bond acceptors (Lipinski definition) is 2. The highest BCUT2D eigenvalue weighted by Gasteiger charge is 2.49. The molecule has 0 spiro atoms. The number of nitrogens with one attached hydrogen (secondary N) is 1. The van der Waals surface area contributed by atoms with E-state index in [9.17, 15) is 4.39 Å². The van der Waals surface area contributed by atoms with Gasteiger partial charge in [0.2, 0.25) is 0 Å². The fraction of sp³-hybridized carbons (Fsp3) is 0.667. The molecular formula is C18H28FNO. The van der Waals surface area contributed by atoms with Crippen molar-refractivity contribution < 1.29 is 9.13 Å². The molecule has 0 bridgehead atoms. The van der Waals surface area contributed by atoms with Crippen LogP contribution >= 0.6 is 0 Å². The average molecular weight is 293 g/mol. The Morgan fingerprint density at radius 2 is 1.95 bits per heavy atom. The van der Waals surface area contributed by atoms with E-state index in [1.165, 1.54) is 0 Å². The summed E-state index contributed by atoms with van der Waals surface area (Å²) in [6, 6.07) is 5.42. The maximum Gasteiger partial charge on any atom is 0.123 e. The molecule has 2 rings (SSSR count). The van der Waals surface area contributed by atoms with Gasteiger partial charge in [0.1, 0.15) is 5.82 Å². The molecule has 0 amide bonds. The molecule has 1 aliphatic rings. The Morgan fingerprint density at radius 1 is 1.29 bits per heavy atom. The van der Waals surface area contributed by atoms with Crippen LogP contribution in [0.2, 0.25) is 0 Å². The Morgan fingerprint density at radius 3 is 2.43 bits per heavy atom. The van der Waals surface area contributed by atoms with E-state index in [1.54, 1.807) is 12.1 Å². The third-order valence-corrected chi connectivity index (χ3v) is 4.39. The first-order valence-corrected chi connectivity index (χ1v) is 7.85. The molecule has 1 saturated heterocycles. The van der Waals surface area contributed by atoms with Crippen molar-refractivity contribution >= 4 is 0 Å². The van der Waals surface area contributed by atoms with Gasteiger partial charge < -0.3 is 10.1 Å². The average Bonchev–Trinajstić information content (AvgIpc) is 2.52. The summed E-state index contributed by atoms with van der Waals surface area (Å²) in [4.78, 5) is 0. The monoisotopic (exact) mass is 293 g/mol. The fourth-order valence-electron chi connectivity index (χ4n) is 3.78. The van der Waals surface area contributed by atoms with Gasteiger partial charge in [0.05, 0.1) is 11.2 Å². The fourth-order valence-corrected chi connectivity index (χ4v) is 3.78. The standard InChI is InChI=1S/C18H28FNO/c1-7-20-16(13-8-12(2)9-14(19)10-13)15-11-17(3,4)21-18(15,5)6/h8-10,15-16,20H,7,11H2,1-6H3. The molecule has 0 radical (unpaired) electrons. The number of ether oxygens (including phenoxy) is 1. The zero-order valence-corrected chi connectivity index (χ0v) is 14.1. The van der Waals surface area contributed by atoms with Crippen molar-refractivity contribution in [3.8, 4) is 0 Å². The summed E-state index contributed by atoms with van der Waals surface area (Å²) >= 11 is 0. The van der Waals surface area contributed by atoms with Gasteiger partial charge in [-0.15, -0.1) is 0 Å². The lowest BCUT2D eigenvalue weighted by atomic mass is 9.78. The van der Waals surface area contributed by atoms with Crippen LogP contribution in [0.5, 0.6) is 0 Å². The lowest BCUT2D eigenvalue weighted by molar-refractivity contribution is -0.0778. The molecule has 1 aliphatic heterocycles. The number of halogens is 1. The molecule has 1 N–H and O–H groups in total. The maximum absolute atomic E-state index is 13.8. The molecule has 1 aromatic carbocycles. The van der Waals surface area contributed by atoms with Crippen molar-refractivity contribution in [2.24, 2.45) is 5.92 Å². The molecule has 3 heteroatoms. The minimum absolute atomic E-state index is 0.112. The number of rotatable bonds is 4. The normalized spacial score (nSPS) is 25.0. The lowest BCUT2D eigenvalue weighted by Crippen LogP contribution is -2.38. The zero-order valence-electron chi connectivity index (χ0n) is 14.1. The van der Waals surface area contributed by atoms with Crippen molar-refractivity contribution in [3.63, 3.8) is 0 Å². The van der Waals surface area contributed by atoms with Crippen LogP contribution in [0.3, 0.4) is 0 Å². The predicted octanol–water partition coefficient (Wildman–Crippen LogP) is 4.38.